The van der Waals surface area contributed by atoms with E-state index in [4.69, 9.17) is 15.9 Å². The smallest absolute Gasteiger partial charge is 0.260 e. The normalized spacial score (nSPS) is 30.9. The second kappa shape index (κ2) is 5.13. The van der Waals surface area contributed by atoms with Crippen LogP contribution >= 0.6 is 0 Å². The van der Waals surface area contributed by atoms with Crippen LogP contribution in [0.2, 0.25) is 0 Å². The summed E-state index contributed by atoms with van der Waals surface area (Å²) >= 11 is 0. The molecule has 0 aliphatic carbocycles. The van der Waals surface area contributed by atoms with Crippen LogP contribution in [0.15, 0.2) is 17.3 Å². The number of aromatic amines is 1. The summed E-state index contributed by atoms with van der Waals surface area (Å²) in [6, 6.07) is 0. The van der Waals surface area contributed by atoms with Crippen molar-refractivity contribution < 1.29 is 20.1 Å². The number of ether oxygens (including phenoxy) is 1. The molecule has 0 aromatic carbocycles. The van der Waals surface area contributed by atoms with E-state index in [0.29, 0.717) is 0 Å². The van der Waals surface area contributed by atoms with Gasteiger partial charge in [0.15, 0.2) is 6.23 Å². The topological polar surface area (TPSA) is 170 Å². The number of aliphatic hydroxyl groups is 3. The Morgan fingerprint density at radius 2 is 2.35 bits per heavy atom. The number of nitrogens with one attached hydrogen (secondary N) is 2. The predicted molar refractivity (Wildman–Crippen MR) is 79.0 cm³/mol. The standard InChI is InChI=1S/C13H17N5O5/c1-13(22)8(20)6(3-19)23-12(13)18-2-5(9(14)15)7-10(18)16-4-17-11(7)21/h2,4,6,8,12,19-20,22H,3H2,1H3,(H3,14,15)(H,16,17,21)/t6?,8-,12?,13+/m1/s1. The van der Waals surface area contributed by atoms with Crippen LogP contribution in [0.3, 0.4) is 0 Å². The summed E-state index contributed by atoms with van der Waals surface area (Å²) in [6.45, 7) is 0.866. The van der Waals surface area contributed by atoms with Gasteiger partial charge in [-0.2, -0.15) is 0 Å². The van der Waals surface area contributed by atoms with Crippen LogP contribution in [0.5, 0.6) is 0 Å². The predicted octanol–water partition coefficient (Wildman–Crippen LogP) is -1.99. The van der Waals surface area contributed by atoms with Gasteiger partial charge in [-0.25, -0.2) is 4.98 Å². The number of hydrogen-bond acceptors (Lipinski definition) is 7. The van der Waals surface area contributed by atoms with Crippen LogP contribution in [0.25, 0.3) is 11.0 Å². The first-order valence-electron chi connectivity index (χ1n) is 6.88. The Balaban J connectivity index is 2.24. The molecule has 3 heterocycles. The lowest BCUT2D eigenvalue weighted by atomic mass is 9.96. The van der Waals surface area contributed by atoms with Crippen molar-refractivity contribution in [3.63, 3.8) is 0 Å². The first-order chi connectivity index (χ1) is 10.8. The third kappa shape index (κ3) is 2.15. The summed E-state index contributed by atoms with van der Waals surface area (Å²) < 4.78 is 6.85. The van der Waals surface area contributed by atoms with Gasteiger partial charge in [-0.05, 0) is 6.92 Å². The number of H-pyrrole nitrogens is 1. The minimum atomic E-state index is -1.74. The largest absolute Gasteiger partial charge is 0.394 e. The van der Waals surface area contributed by atoms with Crippen molar-refractivity contribution >= 4 is 16.9 Å². The zero-order valence-corrected chi connectivity index (χ0v) is 12.2. The maximum atomic E-state index is 12.0. The lowest BCUT2D eigenvalue weighted by Gasteiger charge is -2.27. The van der Waals surface area contributed by atoms with Crippen LogP contribution < -0.4 is 11.3 Å². The molecule has 4 atom stereocenters. The molecule has 0 saturated carbocycles. The fraction of sp³-hybridized carbons (Fsp3) is 0.462. The van der Waals surface area contributed by atoms with Crippen LogP contribution in [-0.2, 0) is 4.74 Å². The molecule has 2 aromatic heterocycles. The third-order valence-corrected chi connectivity index (χ3v) is 4.09. The van der Waals surface area contributed by atoms with Gasteiger partial charge in [-0.15, -0.1) is 0 Å². The number of nitrogen functional groups attached to an aromatic ring is 1. The second-order valence-corrected chi connectivity index (χ2v) is 5.67. The zero-order chi connectivity index (χ0) is 16.9. The Kier molecular flexibility index (Phi) is 3.48. The van der Waals surface area contributed by atoms with E-state index in [0.717, 1.165) is 0 Å². The molecule has 10 heteroatoms. The van der Waals surface area contributed by atoms with E-state index in [2.05, 4.69) is 9.97 Å². The molecule has 3 rings (SSSR count). The molecule has 1 aliphatic rings. The molecule has 0 amide bonds. The monoisotopic (exact) mass is 323 g/mol. The summed E-state index contributed by atoms with van der Waals surface area (Å²) in [7, 11) is 0. The molecule has 0 radical (unpaired) electrons. The van der Waals surface area contributed by atoms with Gasteiger partial charge in [0.05, 0.1) is 18.3 Å². The second-order valence-electron chi connectivity index (χ2n) is 5.67. The number of aliphatic hydroxyl groups excluding tert-OH is 2. The lowest BCUT2D eigenvalue weighted by molar-refractivity contribution is -0.0948. The molecule has 2 unspecified atom stereocenters. The van der Waals surface area contributed by atoms with Crippen LogP contribution in [-0.4, -0.2) is 60.1 Å². The van der Waals surface area contributed by atoms with E-state index in [9.17, 15) is 20.1 Å². The highest BCUT2D eigenvalue weighted by molar-refractivity contribution is 6.06. The number of nitrogens with zero attached hydrogens (tertiary/aromatic N) is 2. The van der Waals surface area contributed by atoms with E-state index < -0.39 is 36.2 Å². The Morgan fingerprint density at radius 1 is 1.65 bits per heavy atom. The van der Waals surface area contributed by atoms with Crippen molar-refractivity contribution in [2.45, 2.75) is 31.0 Å². The molecule has 1 fully saturated rings. The number of hydrogen-bond donors (Lipinski definition) is 6. The Hall–Kier alpha value is -2.27. The van der Waals surface area contributed by atoms with E-state index in [1.54, 1.807) is 0 Å². The Morgan fingerprint density at radius 3 is 2.91 bits per heavy atom. The minimum absolute atomic E-state index is 0.0846. The van der Waals surface area contributed by atoms with Crippen molar-refractivity contribution in [3.05, 3.63) is 28.4 Å². The van der Waals surface area contributed by atoms with Gasteiger partial charge in [-0.1, -0.05) is 0 Å². The third-order valence-electron chi connectivity index (χ3n) is 4.09. The van der Waals surface area contributed by atoms with Crippen molar-refractivity contribution in [1.29, 1.82) is 5.41 Å². The molecule has 23 heavy (non-hydrogen) atoms. The number of fused-ring (bicyclic) bond motifs is 1. The van der Waals surface area contributed by atoms with Crippen LogP contribution in [0.4, 0.5) is 0 Å². The summed E-state index contributed by atoms with van der Waals surface area (Å²) in [6.07, 6.45) is -0.900. The number of rotatable bonds is 3. The molecule has 7 N–H and O–H groups in total. The molecule has 0 spiro atoms. The van der Waals surface area contributed by atoms with Gasteiger partial charge in [0, 0.05) is 11.8 Å². The van der Waals surface area contributed by atoms with Gasteiger partial charge in [0.1, 0.15) is 29.3 Å². The lowest BCUT2D eigenvalue weighted by Crippen LogP contribution is -2.44. The molecular formula is C13H17N5O5. The minimum Gasteiger partial charge on any atom is -0.394 e. The number of amidine groups is 1. The van der Waals surface area contributed by atoms with Crippen molar-refractivity contribution in [1.82, 2.24) is 14.5 Å². The van der Waals surface area contributed by atoms with Gasteiger partial charge in [0.2, 0.25) is 0 Å². The summed E-state index contributed by atoms with van der Waals surface area (Å²) in [4.78, 5) is 18.5. The van der Waals surface area contributed by atoms with E-state index >= 15 is 0 Å². The van der Waals surface area contributed by atoms with Gasteiger partial charge < -0.3 is 35.3 Å². The van der Waals surface area contributed by atoms with Crippen molar-refractivity contribution in [2.24, 2.45) is 5.73 Å². The molecule has 10 nitrogen and oxygen atoms in total. The van der Waals surface area contributed by atoms with Gasteiger partial charge >= 0.3 is 0 Å². The van der Waals surface area contributed by atoms with Crippen molar-refractivity contribution in [2.75, 3.05) is 6.61 Å². The first-order valence-corrected chi connectivity index (χ1v) is 6.88. The Labute approximate surface area is 129 Å². The van der Waals surface area contributed by atoms with Crippen LogP contribution in [0.1, 0.15) is 18.7 Å². The SMILES string of the molecule is C[C@@]1(O)C(n2cc(C(=N)N)c3c(=O)[nH]cnc32)OC(CO)[C@H]1O. The number of aromatic nitrogens is 3. The molecule has 2 aromatic rings. The zero-order valence-electron chi connectivity index (χ0n) is 12.2. The average Bonchev–Trinajstić information content (AvgIpc) is 2.97. The number of nitrogens with two attached hydrogens (primary N) is 1. The summed E-state index contributed by atoms with van der Waals surface area (Å²) in [5.74, 6) is -0.343. The molecule has 0 bridgehead atoms. The fourth-order valence-corrected chi connectivity index (χ4v) is 2.87. The maximum Gasteiger partial charge on any atom is 0.260 e. The highest BCUT2D eigenvalue weighted by Crippen LogP contribution is 2.39. The Bertz CT molecular complexity index is 826. The van der Waals surface area contributed by atoms with E-state index in [1.165, 1.54) is 24.0 Å². The summed E-state index contributed by atoms with van der Waals surface area (Å²) in [5, 5.41) is 37.6. The first kappa shape index (κ1) is 15.6. The molecular weight excluding hydrogens is 306 g/mol. The maximum absolute atomic E-state index is 12.0. The van der Waals surface area contributed by atoms with E-state index in [-0.39, 0.29) is 22.4 Å². The fourth-order valence-electron chi connectivity index (χ4n) is 2.87. The molecule has 124 valence electrons. The molecule has 1 aliphatic heterocycles. The molecule has 1 saturated heterocycles. The quantitative estimate of drug-likeness (QED) is 0.280. The highest BCUT2D eigenvalue weighted by Gasteiger charge is 2.53. The van der Waals surface area contributed by atoms with Crippen LogP contribution in [0, 0.1) is 5.41 Å². The van der Waals surface area contributed by atoms with E-state index in [1.807, 2.05) is 0 Å². The summed E-state index contributed by atoms with van der Waals surface area (Å²) in [5.41, 5.74) is 3.56. The highest BCUT2D eigenvalue weighted by atomic mass is 16.6. The average molecular weight is 323 g/mol. The van der Waals surface area contributed by atoms with Gasteiger partial charge in [0.25, 0.3) is 5.56 Å². The van der Waals surface area contributed by atoms with Crippen molar-refractivity contribution in [3.8, 4) is 0 Å². The van der Waals surface area contributed by atoms with Gasteiger partial charge in [-0.3, -0.25) is 10.2 Å².